The molecule has 32 heavy (non-hydrogen) atoms. The van der Waals surface area contributed by atoms with Gasteiger partial charge in [0.2, 0.25) is 11.8 Å². The van der Waals surface area contributed by atoms with E-state index >= 15 is 0 Å². The van der Waals surface area contributed by atoms with E-state index < -0.39 is 0 Å². The van der Waals surface area contributed by atoms with Crippen LogP contribution in [0.1, 0.15) is 49.7 Å². The van der Waals surface area contributed by atoms with Crippen LogP contribution in [0.4, 0.5) is 4.39 Å². The number of amides is 2. The summed E-state index contributed by atoms with van der Waals surface area (Å²) >= 11 is 0. The summed E-state index contributed by atoms with van der Waals surface area (Å²) in [6, 6.07) is 14.4. The van der Waals surface area contributed by atoms with Crippen molar-refractivity contribution < 1.29 is 18.7 Å². The fourth-order valence-electron chi connectivity index (χ4n) is 4.71. The summed E-state index contributed by atoms with van der Waals surface area (Å²) in [7, 11) is 0. The number of hydrogen-bond acceptors (Lipinski definition) is 3. The monoisotopic (exact) mass is 438 g/mol. The van der Waals surface area contributed by atoms with Gasteiger partial charge in [0.1, 0.15) is 17.7 Å². The molecule has 2 saturated heterocycles. The average molecular weight is 439 g/mol. The predicted molar refractivity (Wildman–Crippen MR) is 121 cm³/mol. The van der Waals surface area contributed by atoms with Crippen LogP contribution in [-0.2, 0) is 16.0 Å². The Bertz CT molecular complexity index is 937. The number of carbonyl (C=O) groups is 2. The molecule has 0 radical (unpaired) electrons. The first-order valence-corrected chi connectivity index (χ1v) is 11.5. The van der Waals surface area contributed by atoms with Crippen LogP contribution in [0.2, 0.25) is 0 Å². The first-order valence-electron chi connectivity index (χ1n) is 11.5. The second kappa shape index (κ2) is 9.72. The van der Waals surface area contributed by atoms with Gasteiger partial charge in [-0.05, 0) is 56.0 Å². The molecule has 5 nitrogen and oxygen atoms in total. The van der Waals surface area contributed by atoms with Crippen LogP contribution < -0.4 is 10.1 Å². The number of halogens is 1. The summed E-state index contributed by atoms with van der Waals surface area (Å²) in [4.78, 5) is 26.8. The van der Waals surface area contributed by atoms with Crippen LogP contribution >= 0.6 is 0 Å². The smallest absolute Gasteiger partial charge is 0.222 e. The molecule has 0 saturated carbocycles. The SMILES string of the molecule is Cc1ccc(CC2(CCC(=O)N3CCC(Oc4ccc(F)cc4)CC3)CCC(=O)N2)cc1. The van der Waals surface area contributed by atoms with E-state index in [0.717, 1.165) is 25.7 Å². The molecule has 0 aliphatic carbocycles. The van der Waals surface area contributed by atoms with Crippen LogP contribution in [0.25, 0.3) is 0 Å². The highest BCUT2D eigenvalue weighted by molar-refractivity contribution is 5.80. The van der Waals surface area contributed by atoms with Crippen LogP contribution in [0.3, 0.4) is 0 Å². The predicted octanol–water partition coefficient (Wildman–Crippen LogP) is 4.18. The van der Waals surface area contributed by atoms with Gasteiger partial charge >= 0.3 is 0 Å². The summed E-state index contributed by atoms with van der Waals surface area (Å²) in [6.07, 6.45) is 4.66. The van der Waals surface area contributed by atoms with Crippen molar-refractivity contribution in [3.05, 3.63) is 65.5 Å². The van der Waals surface area contributed by atoms with E-state index in [9.17, 15) is 14.0 Å². The molecule has 1 atom stereocenters. The number of piperidine rings is 1. The van der Waals surface area contributed by atoms with E-state index in [-0.39, 0.29) is 29.3 Å². The molecule has 0 bridgehead atoms. The van der Waals surface area contributed by atoms with Crippen molar-refractivity contribution in [1.29, 1.82) is 0 Å². The molecule has 0 spiro atoms. The fraction of sp³-hybridized carbons (Fsp3) is 0.462. The number of rotatable bonds is 7. The Morgan fingerprint density at radius 1 is 1.12 bits per heavy atom. The number of nitrogens with one attached hydrogen (secondary N) is 1. The number of aryl methyl sites for hydroxylation is 1. The Balaban J connectivity index is 1.28. The second-order valence-electron chi connectivity index (χ2n) is 9.14. The number of benzene rings is 2. The molecular formula is C26H31FN2O3. The van der Waals surface area contributed by atoms with Crippen molar-refractivity contribution in [1.82, 2.24) is 10.2 Å². The van der Waals surface area contributed by atoms with Crippen LogP contribution in [0, 0.1) is 12.7 Å². The number of likely N-dealkylation sites (tertiary alicyclic amines) is 1. The highest BCUT2D eigenvalue weighted by Gasteiger charge is 2.38. The molecular weight excluding hydrogens is 407 g/mol. The summed E-state index contributed by atoms with van der Waals surface area (Å²) in [5.41, 5.74) is 2.05. The molecule has 2 heterocycles. The van der Waals surface area contributed by atoms with Crippen molar-refractivity contribution in [3.8, 4) is 5.75 Å². The second-order valence-corrected chi connectivity index (χ2v) is 9.14. The summed E-state index contributed by atoms with van der Waals surface area (Å²) < 4.78 is 19.0. The first-order chi connectivity index (χ1) is 15.4. The zero-order valence-electron chi connectivity index (χ0n) is 18.6. The van der Waals surface area contributed by atoms with E-state index in [1.54, 1.807) is 12.1 Å². The maximum absolute atomic E-state index is 13.1. The van der Waals surface area contributed by atoms with Gasteiger partial charge in [-0.25, -0.2) is 4.39 Å². The fourth-order valence-corrected chi connectivity index (χ4v) is 4.71. The zero-order valence-corrected chi connectivity index (χ0v) is 18.6. The molecule has 2 aromatic carbocycles. The molecule has 2 amide bonds. The Kier molecular flexibility index (Phi) is 6.77. The molecule has 0 aromatic heterocycles. The molecule has 2 fully saturated rings. The third kappa shape index (κ3) is 5.67. The molecule has 2 aliphatic rings. The third-order valence-corrected chi connectivity index (χ3v) is 6.63. The largest absolute Gasteiger partial charge is 0.490 e. The van der Waals surface area contributed by atoms with Gasteiger partial charge < -0.3 is 15.0 Å². The molecule has 2 aromatic rings. The maximum atomic E-state index is 13.1. The topological polar surface area (TPSA) is 58.6 Å². The zero-order chi connectivity index (χ0) is 22.6. The van der Waals surface area contributed by atoms with Crippen LogP contribution in [0.5, 0.6) is 5.75 Å². The lowest BCUT2D eigenvalue weighted by atomic mass is 9.84. The minimum atomic E-state index is -0.341. The van der Waals surface area contributed by atoms with Crippen molar-refractivity contribution in [2.75, 3.05) is 13.1 Å². The third-order valence-electron chi connectivity index (χ3n) is 6.63. The molecule has 170 valence electrons. The number of carbonyl (C=O) groups excluding carboxylic acids is 2. The molecule has 1 unspecified atom stereocenters. The lowest BCUT2D eigenvalue weighted by Gasteiger charge is -2.34. The van der Waals surface area contributed by atoms with Crippen molar-refractivity contribution in [3.63, 3.8) is 0 Å². The minimum Gasteiger partial charge on any atom is -0.490 e. The van der Waals surface area contributed by atoms with Crippen molar-refractivity contribution in [2.45, 2.75) is 63.5 Å². The standard InChI is InChI=1S/C26H31FN2O3/c1-19-2-4-20(5-3-19)18-26(14-10-24(30)28-26)15-11-25(31)29-16-12-23(13-17-29)32-22-8-6-21(27)7-9-22/h2-9,23H,10-18H2,1H3,(H,28,30). The summed E-state index contributed by atoms with van der Waals surface area (Å²) in [5, 5.41) is 3.17. The van der Waals surface area contributed by atoms with Gasteiger partial charge in [-0.1, -0.05) is 29.8 Å². The molecule has 1 N–H and O–H groups in total. The number of ether oxygens (including phenoxy) is 1. The van der Waals surface area contributed by atoms with Gasteiger partial charge in [0.25, 0.3) is 0 Å². The van der Waals surface area contributed by atoms with E-state index in [0.29, 0.717) is 38.1 Å². The van der Waals surface area contributed by atoms with Gasteiger partial charge in [-0.3, -0.25) is 9.59 Å². The first kappa shape index (κ1) is 22.3. The Morgan fingerprint density at radius 2 is 1.81 bits per heavy atom. The van der Waals surface area contributed by atoms with Crippen molar-refractivity contribution in [2.24, 2.45) is 0 Å². The summed E-state index contributed by atoms with van der Waals surface area (Å²) in [6.45, 7) is 3.37. The normalized spacial score (nSPS) is 21.4. The highest BCUT2D eigenvalue weighted by atomic mass is 19.1. The van der Waals surface area contributed by atoms with Gasteiger partial charge in [-0.2, -0.15) is 0 Å². The summed E-state index contributed by atoms with van der Waals surface area (Å²) in [5.74, 6) is 0.584. The quantitative estimate of drug-likeness (QED) is 0.706. The minimum absolute atomic E-state index is 0.0338. The van der Waals surface area contributed by atoms with Gasteiger partial charge in [0, 0.05) is 44.3 Å². The van der Waals surface area contributed by atoms with Crippen LogP contribution in [0.15, 0.2) is 48.5 Å². The Hall–Kier alpha value is -2.89. The van der Waals surface area contributed by atoms with Crippen LogP contribution in [-0.4, -0.2) is 41.4 Å². The lowest BCUT2D eigenvalue weighted by molar-refractivity contribution is -0.133. The van der Waals surface area contributed by atoms with Gasteiger partial charge in [0.15, 0.2) is 0 Å². The highest BCUT2D eigenvalue weighted by Crippen LogP contribution is 2.30. The van der Waals surface area contributed by atoms with E-state index in [2.05, 4.69) is 36.5 Å². The Morgan fingerprint density at radius 3 is 2.44 bits per heavy atom. The van der Waals surface area contributed by atoms with Crippen molar-refractivity contribution >= 4 is 11.8 Å². The molecule has 4 rings (SSSR count). The van der Waals surface area contributed by atoms with E-state index in [4.69, 9.17) is 4.74 Å². The molecule has 6 heteroatoms. The van der Waals surface area contributed by atoms with Gasteiger partial charge in [0.05, 0.1) is 0 Å². The number of hydrogen-bond donors (Lipinski definition) is 1. The maximum Gasteiger partial charge on any atom is 0.222 e. The number of nitrogens with zero attached hydrogens (tertiary/aromatic N) is 1. The lowest BCUT2D eigenvalue weighted by Crippen LogP contribution is -2.46. The average Bonchev–Trinajstić information content (AvgIpc) is 3.16. The van der Waals surface area contributed by atoms with E-state index in [1.165, 1.54) is 23.3 Å². The van der Waals surface area contributed by atoms with E-state index in [1.807, 2.05) is 4.90 Å². The molecule has 2 aliphatic heterocycles. The van der Waals surface area contributed by atoms with Gasteiger partial charge in [-0.15, -0.1) is 0 Å². The Labute approximate surface area is 188 Å².